The quantitative estimate of drug-likeness (QED) is 0.853. The zero-order chi connectivity index (χ0) is 12.4. The summed E-state index contributed by atoms with van der Waals surface area (Å²) in [6, 6.07) is 5.76. The molecule has 0 saturated carbocycles. The van der Waals surface area contributed by atoms with E-state index in [2.05, 4.69) is 4.98 Å². The van der Waals surface area contributed by atoms with Gasteiger partial charge in [-0.05, 0) is 17.5 Å². The van der Waals surface area contributed by atoms with E-state index in [1.54, 1.807) is 7.11 Å². The lowest BCUT2D eigenvalue weighted by atomic mass is 9.97. The summed E-state index contributed by atoms with van der Waals surface area (Å²) in [5, 5.41) is 9.85. The van der Waals surface area contributed by atoms with Gasteiger partial charge in [0, 0.05) is 11.6 Å². The fraction of sp³-hybridized carbons (Fsp3) is 0.308. The van der Waals surface area contributed by atoms with Crippen molar-refractivity contribution in [2.24, 2.45) is 0 Å². The van der Waals surface area contributed by atoms with Gasteiger partial charge in [-0.3, -0.25) is 4.79 Å². The Morgan fingerprint density at radius 2 is 2.29 bits per heavy atom. The molecule has 0 aliphatic rings. The summed E-state index contributed by atoms with van der Waals surface area (Å²) in [5.74, 6) is -0.0284. The minimum Gasteiger partial charge on any atom is -0.495 e. The van der Waals surface area contributed by atoms with E-state index in [1.807, 2.05) is 31.3 Å². The average Bonchev–Trinajstić information content (AvgIpc) is 2.71. The number of aromatic nitrogens is 1. The third-order valence-corrected chi connectivity index (χ3v) is 2.94. The van der Waals surface area contributed by atoms with Gasteiger partial charge in [0.1, 0.15) is 5.75 Å². The molecule has 4 nitrogen and oxygen atoms in total. The minimum atomic E-state index is -0.783. The number of benzene rings is 1. The molecular weight excluding hydrogens is 218 g/mol. The van der Waals surface area contributed by atoms with Gasteiger partial charge < -0.3 is 14.8 Å². The lowest BCUT2D eigenvalue weighted by molar-refractivity contribution is -0.137. The van der Waals surface area contributed by atoms with Crippen LogP contribution in [0.15, 0.2) is 24.4 Å². The number of nitrogens with one attached hydrogen (secondary N) is 1. The normalized spacial score (nSPS) is 12.6. The third-order valence-electron chi connectivity index (χ3n) is 2.94. The van der Waals surface area contributed by atoms with Gasteiger partial charge >= 0.3 is 5.97 Å². The van der Waals surface area contributed by atoms with Crippen LogP contribution in [-0.4, -0.2) is 23.2 Å². The fourth-order valence-corrected chi connectivity index (χ4v) is 2.10. The number of para-hydroxylation sites is 1. The summed E-state index contributed by atoms with van der Waals surface area (Å²) in [7, 11) is 1.62. The van der Waals surface area contributed by atoms with E-state index in [0.717, 1.165) is 22.2 Å². The van der Waals surface area contributed by atoms with E-state index >= 15 is 0 Å². The Labute approximate surface area is 99.2 Å². The van der Waals surface area contributed by atoms with Gasteiger partial charge in [-0.25, -0.2) is 0 Å². The van der Waals surface area contributed by atoms with Crippen LogP contribution in [0.5, 0.6) is 5.75 Å². The highest BCUT2D eigenvalue weighted by atomic mass is 16.5. The Morgan fingerprint density at radius 3 is 2.94 bits per heavy atom. The summed E-state index contributed by atoms with van der Waals surface area (Å²) in [6.45, 7) is 1.91. The SMILES string of the molecule is COc1cccc2c(C(C)CC(=O)O)c[nH]c12. The Kier molecular flexibility index (Phi) is 3.04. The van der Waals surface area contributed by atoms with Crippen molar-refractivity contribution in [3.8, 4) is 5.75 Å². The monoisotopic (exact) mass is 233 g/mol. The zero-order valence-electron chi connectivity index (χ0n) is 9.86. The van der Waals surface area contributed by atoms with E-state index in [9.17, 15) is 4.79 Å². The lowest BCUT2D eigenvalue weighted by Crippen LogP contribution is -2.02. The van der Waals surface area contributed by atoms with Crippen LogP contribution in [0.4, 0.5) is 0 Å². The van der Waals surface area contributed by atoms with Crippen LogP contribution >= 0.6 is 0 Å². The van der Waals surface area contributed by atoms with Gasteiger partial charge in [0.05, 0.1) is 19.0 Å². The molecule has 0 spiro atoms. The molecular formula is C13H15NO3. The van der Waals surface area contributed by atoms with Crippen molar-refractivity contribution in [3.63, 3.8) is 0 Å². The van der Waals surface area contributed by atoms with Crippen molar-refractivity contribution >= 4 is 16.9 Å². The Morgan fingerprint density at radius 1 is 1.53 bits per heavy atom. The first kappa shape index (κ1) is 11.5. The zero-order valence-corrected chi connectivity index (χ0v) is 9.86. The molecule has 0 radical (unpaired) electrons. The first-order chi connectivity index (χ1) is 8.13. The molecule has 0 bridgehead atoms. The van der Waals surface area contributed by atoms with Crippen molar-refractivity contribution < 1.29 is 14.6 Å². The molecule has 1 aromatic carbocycles. The lowest BCUT2D eigenvalue weighted by Gasteiger charge is -2.07. The van der Waals surface area contributed by atoms with Gasteiger partial charge in [-0.15, -0.1) is 0 Å². The number of rotatable bonds is 4. The number of carboxylic acid groups (broad SMARTS) is 1. The topological polar surface area (TPSA) is 62.3 Å². The van der Waals surface area contributed by atoms with Crippen molar-refractivity contribution in [1.82, 2.24) is 4.98 Å². The molecule has 4 heteroatoms. The molecule has 90 valence electrons. The number of ether oxygens (including phenoxy) is 1. The molecule has 0 aliphatic heterocycles. The van der Waals surface area contributed by atoms with Crippen LogP contribution in [0.25, 0.3) is 10.9 Å². The summed E-state index contributed by atoms with van der Waals surface area (Å²) in [5.41, 5.74) is 1.93. The van der Waals surface area contributed by atoms with Crippen molar-refractivity contribution in [2.45, 2.75) is 19.3 Å². The van der Waals surface area contributed by atoms with Crippen LogP contribution < -0.4 is 4.74 Å². The van der Waals surface area contributed by atoms with Gasteiger partial charge in [0.2, 0.25) is 0 Å². The summed E-state index contributed by atoms with van der Waals surface area (Å²) < 4.78 is 5.25. The molecule has 0 amide bonds. The highest BCUT2D eigenvalue weighted by Crippen LogP contribution is 2.32. The maximum Gasteiger partial charge on any atom is 0.303 e. The van der Waals surface area contributed by atoms with E-state index in [4.69, 9.17) is 9.84 Å². The van der Waals surface area contributed by atoms with Crippen molar-refractivity contribution in [2.75, 3.05) is 7.11 Å². The molecule has 1 unspecified atom stereocenters. The molecule has 0 aliphatic carbocycles. The maximum atomic E-state index is 10.7. The van der Waals surface area contributed by atoms with Gasteiger partial charge in [-0.1, -0.05) is 19.1 Å². The number of hydrogen-bond donors (Lipinski definition) is 2. The number of carbonyl (C=O) groups is 1. The summed E-state index contributed by atoms with van der Waals surface area (Å²) in [4.78, 5) is 13.9. The minimum absolute atomic E-state index is 0.0200. The number of H-pyrrole nitrogens is 1. The molecule has 2 rings (SSSR count). The van der Waals surface area contributed by atoms with Crippen LogP contribution in [-0.2, 0) is 4.79 Å². The van der Waals surface area contributed by atoms with Crippen LogP contribution in [0.2, 0.25) is 0 Å². The van der Waals surface area contributed by atoms with Crippen LogP contribution in [0, 0.1) is 0 Å². The van der Waals surface area contributed by atoms with Gasteiger partial charge in [0.15, 0.2) is 0 Å². The first-order valence-corrected chi connectivity index (χ1v) is 5.49. The third kappa shape index (κ3) is 2.11. The molecule has 1 heterocycles. The standard InChI is InChI=1S/C13H15NO3/c1-8(6-12(15)16)10-7-14-13-9(10)4-3-5-11(13)17-2/h3-5,7-8,14H,6H2,1-2H3,(H,15,16). The number of hydrogen-bond acceptors (Lipinski definition) is 2. The fourth-order valence-electron chi connectivity index (χ4n) is 2.10. The number of aliphatic carboxylic acids is 1. The second kappa shape index (κ2) is 4.49. The number of methoxy groups -OCH3 is 1. The van der Waals surface area contributed by atoms with Crippen LogP contribution in [0.1, 0.15) is 24.8 Å². The van der Waals surface area contributed by atoms with E-state index in [-0.39, 0.29) is 12.3 Å². The van der Waals surface area contributed by atoms with Gasteiger partial charge in [-0.2, -0.15) is 0 Å². The van der Waals surface area contributed by atoms with Gasteiger partial charge in [0.25, 0.3) is 0 Å². The molecule has 0 saturated heterocycles. The van der Waals surface area contributed by atoms with E-state index in [0.29, 0.717) is 0 Å². The highest BCUT2D eigenvalue weighted by Gasteiger charge is 2.15. The maximum absolute atomic E-state index is 10.7. The molecule has 17 heavy (non-hydrogen) atoms. The van der Waals surface area contributed by atoms with Crippen LogP contribution in [0.3, 0.4) is 0 Å². The summed E-state index contributed by atoms with van der Waals surface area (Å²) in [6.07, 6.45) is 1.99. The summed E-state index contributed by atoms with van der Waals surface area (Å²) >= 11 is 0. The number of carboxylic acids is 1. The molecule has 1 aromatic heterocycles. The number of fused-ring (bicyclic) bond motifs is 1. The molecule has 0 fully saturated rings. The van der Waals surface area contributed by atoms with E-state index < -0.39 is 5.97 Å². The molecule has 2 N–H and O–H groups in total. The highest BCUT2D eigenvalue weighted by molar-refractivity contribution is 5.89. The predicted octanol–water partition coefficient (Wildman–Crippen LogP) is 2.75. The van der Waals surface area contributed by atoms with Crippen molar-refractivity contribution in [1.29, 1.82) is 0 Å². The second-order valence-corrected chi connectivity index (χ2v) is 4.13. The smallest absolute Gasteiger partial charge is 0.303 e. The molecule has 1 atom stereocenters. The molecule has 2 aromatic rings. The second-order valence-electron chi connectivity index (χ2n) is 4.13. The predicted molar refractivity (Wildman–Crippen MR) is 65.5 cm³/mol. The Bertz CT molecular complexity index is 545. The average molecular weight is 233 g/mol. The first-order valence-electron chi connectivity index (χ1n) is 5.49. The van der Waals surface area contributed by atoms with Crippen molar-refractivity contribution in [3.05, 3.63) is 30.0 Å². The number of aromatic amines is 1. The Balaban J connectivity index is 2.46. The van der Waals surface area contributed by atoms with E-state index in [1.165, 1.54) is 0 Å². The Hall–Kier alpha value is -1.97. The largest absolute Gasteiger partial charge is 0.495 e.